The van der Waals surface area contributed by atoms with Crippen LogP contribution in [0.3, 0.4) is 0 Å². The molecule has 1 aromatic carbocycles. The van der Waals surface area contributed by atoms with Crippen LogP contribution in [0.15, 0.2) is 12.1 Å². The van der Waals surface area contributed by atoms with Crippen LogP contribution >= 0.6 is 0 Å². The highest BCUT2D eigenvalue weighted by Gasteiger charge is 2.21. The topological polar surface area (TPSA) is 72.2 Å². The third kappa shape index (κ3) is 1.16. The summed E-state index contributed by atoms with van der Waals surface area (Å²) in [4.78, 5) is 22.4. The Bertz CT molecular complexity index is 438. The van der Waals surface area contributed by atoms with Crippen molar-refractivity contribution in [3.8, 4) is 0 Å². The summed E-state index contributed by atoms with van der Waals surface area (Å²) in [6.45, 7) is 1.94. The molecule has 1 aliphatic heterocycles. The number of anilines is 1. The van der Waals surface area contributed by atoms with E-state index in [9.17, 15) is 9.59 Å². The summed E-state index contributed by atoms with van der Waals surface area (Å²) in [6.07, 6.45) is 0. The predicted octanol–water partition coefficient (Wildman–Crippen LogP) is 0.715. The van der Waals surface area contributed by atoms with E-state index in [0.717, 1.165) is 5.56 Å². The SMILES string of the molecule is CC(=O)c1cc2c(cc1N)C(=O)NC2. The Morgan fingerprint density at radius 3 is 2.86 bits per heavy atom. The fraction of sp³-hybridized carbons (Fsp3) is 0.200. The van der Waals surface area contributed by atoms with E-state index in [1.54, 1.807) is 12.1 Å². The molecule has 1 heterocycles. The molecule has 0 aromatic heterocycles. The van der Waals surface area contributed by atoms with E-state index < -0.39 is 0 Å². The van der Waals surface area contributed by atoms with Gasteiger partial charge in [0.1, 0.15) is 0 Å². The molecule has 1 aliphatic rings. The number of nitrogens with two attached hydrogens (primary N) is 1. The van der Waals surface area contributed by atoms with Crippen molar-refractivity contribution in [2.45, 2.75) is 13.5 Å². The number of ketones is 1. The maximum atomic E-state index is 11.2. The number of amides is 1. The van der Waals surface area contributed by atoms with Crippen LogP contribution in [-0.2, 0) is 6.54 Å². The Morgan fingerprint density at radius 1 is 1.50 bits per heavy atom. The summed E-state index contributed by atoms with van der Waals surface area (Å²) in [5.74, 6) is -0.202. The Kier molecular flexibility index (Phi) is 1.77. The van der Waals surface area contributed by atoms with Crippen LogP contribution in [0.1, 0.15) is 33.2 Å². The molecule has 72 valence electrons. The lowest BCUT2D eigenvalue weighted by Crippen LogP contribution is -2.12. The lowest BCUT2D eigenvalue weighted by atomic mass is 10.0. The molecule has 0 unspecified atom stereocenters. The van der Waals surface area contributed by atoms with Gasteiger partial charge in [-0.3, -0.25) is 9.59 Å². The number of nitrogen functional groups attached to an aromatic ring is 1. The zero-order chi connectivity index (χ0) is 10.3. The molecule has 4 nitrogen and oxygen atoms in total. The van der Waals surface area contributed by atoms with Gasteiger partial charge < -0.3 is 11.1 Å². The number of benzene rings is 1. The highest BCUT2D eigenvalue weighted by molar-refractivity contribution is 6.04. The molecule has 4 heteroatoms. The first kappa shape index (κ1) is 8.74. The highest BCUT2D eigenvalue weighted by Crippen LogP contribution is 2.22. The lowest BCUT2D eigenvalue weighted by Gasteiger charge is -2.03. The summed E-state index contributed by atoms with van der Waals surface area (Å²) in [5, 5.41) is 2.67. The van der Waals surface area contributed by atoms with E-state index in [1.807, 2.05) is 0 Å². The first-order chi connectivity index (χ1) is 6.59. The van der Waals surface area contributed by atoms with E-state index in [-0.39, 0.29) is 11.7 Å². The van der Waals surface area contributed by atoms with Crippen LogP contribution in [0.4, 0.5) is 5.69 Å². The molecule has 0 atom stereocenters. The average molecular weight is 190 g/mol. The molecule has 14 heavy (non-hydrogen) atoms. The van der Waals surface area contributed by atoms with E-state index >= 15 is 0 Å². The summed E-state index contributed by atoms with van der Waals surface area (Å²) in [5.41, 5.74) is 7.93. The third-order valence-electron chi connectivity index (χ3n) is 2.34. The van der Waals surface area contributed by atoms with Crippen molar-refractivity contribution in [3.63, 3.8) is 0 Å². The van der Waals surface area contributed by atoms with Crippen LogP contribution in [0.25, 0.3) is 0 Å². The number of fused-ring (bicyclic) bond motifs is 1. The fourth-order valence-corrected chi connectivity index (χ4v) is 1.59. The van der Waals surface area contributed by atoms with E-state index in [1.165, 1.54) is 6.92 Å². The van der Waals surface area contributed by atoms with Gasteiger partial charge in [-0.25, -0.2) is 0 Å². The first-order valence-corrected chi connectivity index (χ1v) is 4.31. The Labute approximate surface area is 81.1 Å². The monoisotopic (exact) mass is 190 g/mol. The Morgan fingerprint density at radius 2 is 2.21 bits per heavy atom. The standard InChI is InChI=1S/C10H10N2O2/c1-5(13)7-2-6-4-12-10(14)8(6)3-9(7)11/h2-3H,4,11H2,1H3,(H,12,14). The summed E-state index contributed by atoms with van der Waals surface area (Å²) in [7, 11) is 0. The van der Waals surface area contributed by atoms with Crippen LogP contribution < -0.4 is 11.1 Å². The highest BCUT2D eigenvalue weighted by atomic mass is 16.2. The summed E-state index contributed by atoms with van der Waals surface area (Å²) >= 11 is 0. The van der Waals surface area contributed by atoms with Gasteiger partial charge in [0.15, 0.2) is 5.78 Å². The van der Waals surface area contributed by atoms with Gasteiger partial charge in [-0.15, -0.1) is 0 Å². The lowest BCUT2D eigenvalue weighted by molar-refractivity contribution is 0.0964. The number of rotatable bonds is 1. The number of nitrogens with one attached hydrogen (secondary N) is 1. The van der Waals surface area contributed by atoms with Gasteiger partial charge in [-0.1, -0.05) is 0 Å². The molecular formula is C10H10N2O2. The predicted molar refractivity (Wildman–Crippen MR) is 52.0 cm³/mol. The molecule has 0 aliphatic carbocycles. The van der Waals surface area contributed by atoms with Crippen molar-refractivity contribution in [2.75, 3.05) is 5.73 Å². The molecular weight excluding hydrogens is 180 g/mol. The summed E-state index contributed by atoms with van der Waals surface area (Å²) < 4.78 is 0. The molecule has 0 bridgehead atoms. The summed E-state index contributed by atoms with van der Waals surface area (Å²) in [6, 6.07) is 3.25. The largest absolute Gasteiger partial charge is 0.398 e. The van der Waals surface area contributed by atoms with Crippen molar-refractivity contribution in [3.05, 3.63) is 28.8 Å². The molecule has 0 spiro atoms. The van der Waals surface area contributed by atoms with Crippen LogP contribution in [-0.4, -0.2) is 11.7 Å². The number of carbonyl (C=O) groups excluding carboxylic acids is 2. The molecule has 0 saturated carbocycles. The van der Waals surface area contributed by atoms with E-state index in [0.29, 0.717) is 23.4 Å². The first-order valence-electron chi connectivity index (χ1n) is 4.31. The van der Waals surface area contributed by atoms with Crippen molar-refractivity contribution in [1.29, 1.82) is 0 Å². The van der Waals surface area contributed by atoms with Gasteiger partial charge in [-0.05, 0) is 24.6 Å². The fourth-order valence-electron chi connectivity index (χ4n) is 1.59. The van der Waals surface area contributed by atoms with Crippen molar-refractivity contribution in [1.82, 2.24) is 5.32 Å². The number of hydrogen-bond donors (Lipinski definition) is 2. The van der Waals surface area contributed by atoms with E-state index in [2.05, 4.69) is 5.32 Å². The second kappa shape index (κ2) is 2.83. The second-order valence-electron chi connectivity index (χ2n) is 3.34. The van der Waals surface area contributed by atoms with Gasteiger partial charge >= 0.3 is 0 Å². The van der Waals surface area contributed by atoms with Crippen LogP contribution in [0.2, 0.25) is 0 Å². The Hall–Kier alpha value is -1.84. The van der Waals surface area contributed by atoms with Gasteiger partial charge in [0.05, 0.1) is 0 Å². The molecule has 2 rings (SSSR count). The molecule has 0 radical (unpaired) electrons. The maximum absolute atomic E-state index is 11.2. The number of carbonyl (C=O) groups is 2. The minimum atomic E-state index is -0.123. The van der Waals surface area contributed by atoms with Crippen LogP contribution in [0, 0.1) is 0 Å². The van der Waals surface area contributed by atoms with Crippen molar-refractivity contribution >= 4 is 17.4 Å². The van der Waals surface area contributed by atoms with Gasteiger partial charge in [0, 0.05) is 23.4 Å². The third-order valence-corrected chi connectivity index (χ3v) is 2.34. The van der Waals surface area contributed by atoms with Gasteiger partial charge in [0.2, 0.25) is 0 Å². The quantitative estimate of drug-likeness (QED) is 0.506. The van der Waals surface area contributed by atoms with Crippen molar-refractivity contribution < 1.29 is 9.59 Å². The second-order valence-corrected chi connectivity index (χ2v) is 3.34. The maximum Gasteiger partial charge on any atom is 0.251 e. The smallest absolute Gasteiger partial charge is 0.251 e. The average Bonchev–Trinajstić information content (AvgIpc) is 2.46. The zero-order valence-electron chi connectivity index (χ0n) is 7.76. The minimum Gasteiger partial charge on any atom is -0.398 e. The zero-order valence-corrected chi connectivity index (χ0v) is 7.76. The van der Waals surface area contributed by atoms with Crippen LogP contribution in [0.5, 0.6) is 0 Å². The minimum absolute atomic E-state index is 0.0790. The molecule has 1 amide bonds. The van der Waals surface area contributed by atoms with E-state index in [4.69, 9.17) is 5.73 Å². The van der Waals surface area contributed by atoms with Crippen molar-refractivity contribution in [2.24, 2.45) is 0 Å². The van der Waals surface area contributed by atoms with Gasteiger partial charge in [-0.2, -0.15) is 0 Å². The number of hydrogen-bond acceptors (Lipinski definition) is 3. The number of Topliss-reactive ketones (excluding diaryl/α,β-unsaturated/α-hetero) is 1. The Balaban J connectivity index is 2.61. The molecule has 0 fully saturated rings. The molecule has 3 N–H and O–H groups in total. The normalized spacial score (nSPS) is 13.6. The molecule has 1 aromatic rings. The van der Waals surface area contributed by atoms with Gasteiger partial charge in [0.25, 0.3) is 5.91 Å². The molecule has 0 saturated heterocycles.